The van der Waals surface area contributed by atoms with Crippen LogP contribution >= 0.6 is 11.8 Å². The molecule has 3 rings (SSSR count). The molecular weight excluding hydrogens is 328 g/mol. The first-order chi connectivity index (χ1) is 12.3. The minimum Gasteiger partial charge on any atom is -0.494 e. The Hall–Kier alpha value is -2.72. The van der Waals surface area contributed by atoms with Crippen LogP contribution in [0.1, 0.15) is 16.4 Å². The van der Waals surface area contributed by atoms with E-state index >= 15 is 0 Å². The number of nitrogens with zero attached hydrogens (tertiary/aromatic N) is 1. The molecule has 0 radical (unpaired) electrons. The van der Waals surface area contributed by atoms with E-state index in [0.717, 1.165) is 5.69 Å². The van der Waals surface area contributed by atoms with Crippen molar-refractivity contribution in [1.29, 1.82) is 0 Å². The molecule has 0 atom stereocenters. The number of nitrogens with two attached hydrogens (primary N) is 1. The van der Waals surface area contributed by atoms with Gasteiger partial charge in [-0.1, -0.05) is 84.6 Å². The zero-order valence-corrected chi connectivity index (χ0v) is 14.8. The number of methoxy groups -OCH3 is 1. The molecule has 0 aliphatic rings. The topological polar surface area (TPSA) is 47.6 Å². The number of amidine groups is 1. The fraction of sp³-hybridized carbons (Fsp3) is 0.0952. The minimum absolute atomic E-state index is 0.0841. The SMILES string of the molecule is COc1ccccc1N=C(N)SC(c1ccccc1)c1ccccc1. The smallest absolute Gasteiger partial charge is 0.160 e. The molecule has 0 unspecified atom stereocenters. The van der Waals surface area contributed by atoms with Gasteiger partial charge in [-0.2, -0.15) is 0 Å². The van der Waals surface area contributed by atoms with E-state index in [-0.39, 0.29) is 5.25 Å². The van der Waals surface area contributed by atoms with Crippen molar-refractivity contribution in [2.24, 2.45) is 10.7 Å². The van der Waals surface area contributed by atoms with Gasteiger partial charge in [-0.05, 0) is 23.3 Å². The Morgan fingerprint density at radius 3 is 1.92 bits per heavy atom. The molecule has 126 valence electrons. The number of ether oxygens (including phenoxy) is 1. The summed E-state index contributed by atoms with van der Waals surface area (Å²) in [6.07, 6.45) is 0. The van der Waals surface area contributed by atoms with Gasteiger partial charge < -0.3 is 10.5 Å². The van der Waals surface area contributed by atoms with Gasteiger partial charge in [0.25, 0.3) is 0 Å². The number of aliphatic imine (C=N–C) groups is 1. The minimum atomic E-state index is 0.0841. The monoisotopic (exact) mass is 348 g/mol. The summed E-state index contributed by atoms with van der Waals surface area (Å²) in [6, 6.07) is 28.3. The molecule has 0 aliphatic carbocycles. The molecule has 0 spiro atoms. The first kappa shape index (κ1) is 17.1. The number of hydrogen-bond acceptors (Lipinski definition) is 3. The lowest BCUT2D eigenvalue weighted by Crippen LogP contribution is -2.10. The van der Waals surface area contributed by atoms with Crippen LogP contribution in [0.4, 0.5) is 5.69 Å². The van der Waals surface area contributed by atoms with Crippen LogP contribution in [0.15, 0.2) is 89.9 Å². The molecule has 3 nitrogen and oxygen atoms in total. The molecule has 0 aliphatic heterocycles. The van der Waals surface area contributed by atoms with Crippen molar-refractivity contribution in [2.75, 3.05) is 7.11 Å². The third kappa shape index (κ3) is 4.43. The van der Waals surface area contributed by atoms with Gasteiger partial charge in [0.2, 0.25) is 0 Å². The number of thioether (sulfide) groups is 1. The molecule has 0 saturated carbocycles. The summed E-state index contributed by atoms with van der Waals surface area (Å²) in [7, 11) is 1.63. The van der Waals surface area contributed by atoms with Crippen LogP contribution in [0.5, 0.6) is 5.75 Å². The Labute approximate surface area is 152 Å². The second-order valence-electron chi connectivity index (χ2n) is 5.44. The molecule has 4 heteroatoms. The van der Waals surface area contributed by atoms with Gasteiger partial charge in [0.15, 0.2) is 5.17 Å². The molecule has 0 heterocycles. The number of para-hydroxylation sites is 2. The average Bonchev–Trinajstić information content (AvgIpc) is 2.68. The van der Waals surface area contributed by atoms with Gasteiger partial charge in [0.1, 0.15) is 11.4 Å². The lowest BCUT2D eigenvalue weighted by atomic mass is 10.0. The fourth-order valence-electron chi connectivity index (χ4n) is 2.57. The Morgan fingerprint density at radius 2 is 1.36 bits per heavy atom. The summed E-state index contributed by atoms with van der Waals surface area (Å²) in [4.78, 5) is 4.55. The Kier molecular flexibility index (Phi) is 5.75. The molecule has 0 bridgehead atoms. The Morgan fingerprint density at radius 1 is 0.840 bits per heavy atom. The van der Waals surface area contributed by atoms with Crippen molar-refractivity contribution in [1.82, 2.24) is 0 Å². The number of rotatable bonds is 5. The van der Waals surface area contributed by atoms with Crippen LogP contribution in [0.3, 0.4) is 0 Å². The molecule has 0 saturated heterocycles. The van der Waals surface area contributed by atoms with E-state index in [1.165, 1.54) is 22.9 Å². The molecule has 0 amide bonds. The lowest BCUT2D eigenvalue weighted by Gasteiger charge is -2.17. The first-order valence-corrected chi connectivity index (χ1v) is 8.89. The zero-order chi connectivity index (χ0) is 17.5. The molecule has 25 heavy (non-hydrogen) atoms. The van der Waals surface area contributed by atoms with E-state index in [2.05, 4.69) is 29.3 Å². The summed E-state index contributed by atoms with van der Waals surface area (Å²) in [5.74, 6) is 0.710. The fourth-order valence-corrected chi connectivity index (χ4v) is 3.55. The van der Waals surface area contributed by atoms with Crippen molar-refractivity contribution in [3.05, 3.63) is 96.1 Å². The summed E-state index contributed by atoms with van der Waals surface area (Å²) >= 11 is 1.54. The van der Waals surface area contributed by atoms with E-state index < -0.39 is 0 Å². The second kappa shape index (κ2) is 8.40. The van der Waals surface area contributed by atoms with E-state index in [1.54, 1.807) is 7.11 Å². The van der Waals surface area contributed by atoms with Crippen LogP contribution in [0, 0.1) is 0 Å². The summed E-state index contributed by atoms with van der Waals surface area (Å²) in [6.45, 7) is 0. The third-order valence-electron chi connectivity index (χ3n) is 3.76. The van der Waals surface area contributed by atoms with Crippen molar-refractivity contribution >= 4 is 22.6 Å². The standard InChI is InChI=1S/C21H20N2OS/c1-24-19-15-9-8-14-18(19)23-21(22)25-20(16-10-4-2-5-11-16)17-12-6-3-7-13-17/h2-15,20H,1H3,(H2,22,23). The molecule has 0 aromatic heterocycles. The Bertz CT molecular complexity index is 795. The van der Waals surface area contributed by atoms with Crippen LogP contribution in [0.2, 0.25) is 0 Å². The molecule has 3 aromatic carbocycles. The van der Waals surface area contributed by atoms with Gasteiger partial charge in [-0.25, -0.2) is 4.99 Å². The first-order valence-electron chi connectivity index (χ1n) is 8.01. The average molecular weight is 348 g/mol. The number of benzene rings is 3. The predicted molar refractivity (Wildman–Crippen MR) is 107 cm³/mol. The maximum absolute atomic E-state index is 6.26. The summed E-state index contributed by atoms with van der Waals surface area (Å²) in [5.41, 5.74) is 9.38. The lowest BCUT2D eigenvalue weighted by molar-refractivity contribution is 0.416. The van der Waals surface area contributed by atoms with Gasteiger partial charge in [0, 0.05) is 0 Å². The van der Waals surface area contributed by atoms with E-state index in [4.69, 9.17) is 10.5 Å². The Balaban J connectivity index is 1.91. The van der Waals surface area contributed by atoms with E-state index in [0.29, 0.717) is 10.9 Å². The largest absolute Gasteiger partial charge is 0.494 e. The molecular formula is C21H20N2OS. The number of hydrogen-bond donors (Lipinski definition) is 1. The maximum atomic E-state index is 6.26. The van der Waals surface area contributed by atoms with Gasteiger partial charge in [-0.3, -0.25) is 0 Å². The molecule has 3 aromatic rings. The summed E-state index contributed by atoms with van der Waals surface area (Å²) in [5, 5.41) is 0.586. The van der Waals surface area contributed by atoms with Crippen molar-refractivity contribution in [3.63, 3.8) is 0 Å². The quantitative estimate of drug-likeness (QED) is 0.511. The van der Waals surface area contributed by atoms with E-state index in [1.807, 2.05) is 60.7 Å². The summed E-state index contributed by atoms with van der Waals surface area (Å²) < 4.78 is 5.35. The van der Waals surface area contributed by atoms with E-state index in [9.17, 15) is 0 Å². The van der Waals surface area contributed by atoms with Crippen molar-refractivity contribution in [2.45, 2.75) is 5.25 Å². The zero-order valence-electron chi connectivity index (χ0n) is 14.0. The second-order valence-corrected chi connectivity index (χ2v) is 6.57. The normalized spacial score (nSPS) is 11.5. The van der Waals surface area contributed by atoms with Gasteiger partial charge in [-0.15, -0.1) is 0 Å². The van der Waals surface area contributed by atoms with Gasteiger partial charge >= 0.3 is 0 Å². The molecule has 0 fully saturated rings. The highest BCUT2D eigenvalue weighted by Gasteiger charge is 2.16. The van der Waals surface area contributed by atoms with Crippen LogP contribution in [-0.2, 0) is 0 Å². The van der Waals surface area contributed by atoms with Crippen molar-refractivity contribution < 1.29 is 4.74 Å². The highest BCUT2D eigenvalue weighted by Crippen LogP contribution is 2.36. The van der Waals surface area contributed by atoms with Gasteiger partial charge in [0.05, 0.1) is 12.4 Å². The predicted octanol–water partition coefficient (Wildman–Crippen LogP) is 5.16. The van der Waals surface area contributed by atoms with Crippen molar-refractivity contribution in [3.8, 4) is 5.75 Å². The third-order valence-corrected chi connectivity index (χ3v) is 4.87. The highest BCUT2D eigenvalue weighted by molar-refractivity contribution is 8.14. The van der Waals surface area contributed by atoms with Crippen LogP contribution in [-0.4, -0.2) is 12.3 Å². The maximum Gasteiger partial charge on any atom is 0.160 e. The van der Waals surface area contributed by atoms with Crippen LogP contribution < -0.4 is 10.5 Å². The molecule has 2 N–H and O–H groups in total. The highest BCUT2D eigenvalue weighted by atomic mass is 32.2. The van der Waals surface area contributed by atoms with Crippen LogP contribution in [0.25, 0.3) is 0 Å².